The summed E-state index contributed by atoms with van der Waals surface area (Å²) in [6, 6.07) is 3.87. The number of hydrogen-bond acceptors (Lipinski definition) is 4. The summed E-state index contributed by atoms with van der Waals surface area (Å²) in [6.45, 7) is 3.57. The molecule has 5 nitrogen and oxygen atoms in total. The number of rotatable bonds is 3. The maximum Gasteiger partial charge on any atom is 0.220 e. The molecule has 0 aliphatic carbocycles. The van der Waals surface area contributed by atoms with Gasteiger partial charge in [-0.3, -0.25) is 4.79 Å². The summed E-state index contributed by atoms with van der Waals surface area (Å²) in [7, 11) is 0. The number of aromatic nitrogens is 1. The Balaban J connectivity index is 2.12. The molecular weight excluding hydrogens is 228 g/mol. The van der Waals surface area contributed by atoms with E-state index in [-0.39, 0.29) is 17.9 Å². The zero-order valence-corrected chi connectivity index (χ0v) is 10.7. The molecule has 5 heteroatoms. The summed E-state index contributed by atoms with van der Waals surface area (Å²) >= 11 is 0. The van der Waals surface area contributed by atoms with Gasteiger partial charge in [-0.1, -0.05) is 6.07 Å². The maximum absolute atomic E-state index is 11.1. The lowest BCUT2D eigenvalue weighted by molar-refractivity contribution is -0.122. The van der Waals surface area contributed by atoms with Crippen LogP contribution in [0.2, 0.25) is 0 Å². The van der Waals surface area contributed by atoms with Crippen molar-refractivity contribution in [3.63, 3.8) is 0 Å². The number of hydrogen-bond donors (Lipinski definition) is 2. The fraction of sp³-hybridized carbons (Fsp3) is 0.538. The molecule has 2 heterocycles. The molecule has 18 heavy (non-hydrogen) atoms. The van der Waals surface area contributed by atoms with Crippen molar-refractivity contribution >= 4 is 11.7 Å². The molecule has 1 aliphatic heterocycles. The fourth-order valence-electron chi connectivity index (χ4n) is 2.40. The first-order valence-electron chi connectivity index (χ1n) is 6.34. The highest BCUT2D eigenvalue weighted by molar-refractivity contribution is 5.77. The van der Waals surface area contributed by atoms with Crippen molar-refractivity contribution in [1.82, 2.24) is 4.98 Å². The van der Waals surface area contributed by atoms with E-state index >= 15 is 0 Å². The Morgan fingerprint density at radius 1 is 1.50 bits per heavy atom. The van der Waals surface area contributed by atoms with Gasteiger partial charge in [0.05, 0.1) is 0 Å². The number of amides is 1. The molecule has 1 amide bonds. The minimum absolute atomic E-state index is 0.00344. The molecule has 1 aromatic rings. The summed E-state index contributed by atoms with van der Waals surface area (Å²) in [5.74, 6) is 0.752. The minimum atomic E-state index is -0.192. The molecule has 1 aromatic heterocycles. The maximum atomic E-state index is 11.1. The lowest BCUT2D eigenvalue weighted by atomic mass is 9.96. The quantitative estimate of drug-likeness (QED) is 0.828. The minimum Gasteiger partial charge on any atom is -0.369 e. The third-order valence-corrected chi connectivity index (χ3v) is 3.50. The highest BCUT2D eigenvalue weighted by Gasteiger charge is 2.25. The number of primary amides is 1. The van der Waals surface area contributed by atoms with Crippen molar-refractivity contribution in [3.05, 3.63) is 23.9 Å². The van der Waals surface area contributed by atoms with E-state index in [2.05, 4.69) is 9.88 Å². The van der Waals surface area contributed by atoms with E-state index in [9.17, 15) is 4.79 Å². The fourth-order valence-corrected chi connectivity index (χ4v) is 2.40. The van der Waals surface area contributed by atoms with E-state index in [0.717, 1.165) is 37.3 Å². The highest BCUT2D eigenvalue weighted by atomic mass is 16.1. The van der Waals surface area contributed by atoms with Crippen LogP contribution in [0.25, 0.3) is 0 Å². The Hall–Kier alpha value is -1.62. The summed E-state index contributed by atoms with van der Waals surface area (Å²) in [5.41, 5.74) is 12.3. The first-order chi connectivity index (χ1) is 8.59. The van der Waals surface area contributed by atoms with Crippen LogP contribution in [0.3, 0.4) is 0 Å². The van der Waals surface area contributed by atoms with Gasteiger partial charge in [-0.25, -0.2) is 4.98 Å². The molecule has 1 saturated heterocycles. The van der Waals surface area contributed by atoms with Gasteiger partial charge >= 0.3 is 0 Å². The lowest BCUT2D eigenvalue weighted by Gasteiger charge is -2.33. The van der Waals surface area contributed by atoms with E-state index in [1.807, 2.05) is 19.1 Å². The molecule has 1 atom stereocenters. The lowest BCUT2D eigenvalue weighted by Crippen LogP contribution is -2.39. The smallest absolute Gasteiger partial charge is 0.220 e. The van der Waals surface area contributed by atoms with Crippen LogP contribution < -0.4 is 16.4 Å². The van der Waals surface area contributed by atoms with Gasteiger partial charge in [-0.2, -0.15) is 0 Å². The standard InChI is InChI=1S/C13H20N4O/c1-9(14)11-3-2-6-16-13(11)17-7-4-10(5-8-17)12(15)18/h2-3,6,9-10H,4-5,7-8,14H2,1H3,(H2,15,18)/t9-/m1/s1. The number of nitrogens with zero attached hydrogens (tertiary/aromatic N) is 2. The SMILES string of the molecule is C[C@@H](N)c1cccnc1N1CCC(C(N)=O)CC1. The van der Waals surface area contributed by atoms with Crippen molar-refractivity contribution in [2.75, 3.05) is 18.0 Å². The number of carbonyl (C=O) groups excluding carboxylic acids is 1. The molecule has 0 spiro atoms. The number of piperidine rings is 1. The molecule has 2 rings (SSSR count). The molecule has 1 fully saturated rings. The molecule has 1 aliphatic rings. The number of pyridine rings is 1. The zero-order chi connectivity index (χ0) is 13.1. The Kier molecular flexibility index (Phi) is 3.81. The Labute approximate surface area is 107 Å². The first kappa shape index (κ1) is 12.8. The van der Waals surface area contributed by atoms with Crippen molar-refractivity contribution in [2.24, 2.45) is 17.4 Å². The Morgan fingerprint density at radius 3 is 2.72 bits per heavy atom. The number of carbonyl (C=O) groups is 1. The molecule has 4 N–H and O–H groups in total. The van der Waals surface area contributed by atoms with E-state index in [1.54, 1.807) is 6.20 Å². The highest BCUT2D eigenvalue weighted by Crippen LogP contribution is 2.26. The number of anilines is 1. The Morgan fingerprint density at radius 2 is 2.17 bits per heavy atom. The van der Waals surface area contributed by atoms with Crippen molar-refractivity contribution in [3.8, 4) is 0 Å². The van der Waals surface area contributed by atoms with E-state index in [1.165, 1.54) is 0 Å². The Bertz CT molecular complexity index is 425. The third-order valence-electron chi connectivity index (χ3n) is 3.50. The van der Waals surface area contributed by atoms with E-state index < -0.39 is 0 Å². The second-order valence-corrected chi connectivity index (χ2v) is 4.87. The van der Waals surface area contributed by atoms with Gasteiger partial charge in [-0.15, -0.1) is 0 Å². The van der Waals surface area contributed by atoms with Gasteiger partial charge in [0.25, 0.3) is 0 Å². The molecule has 0 radical (unpaired) electrons. The topological polar surface area (TPSA) is 85.2 Å². The monoisotopic (exact) mass is 248 g/mol. The van der Waals surface area contributed by atoms with E-state index in [0.29, 0.717) is 0 Å². The van der Waals surface area contributed by atoms with Gasteiger partial charge in [0, 0.05) is 36.8 Å². The number of nitrogens with two attached hydrogens (primary N) is 2. The van der Waals surface area contributed by atoms with Crippen LogP contribution in [0.4, 0.5) is 5.82 Å². The zero-order valence-electron chi connectivity index (χ0n) is 10.7. The predicted octanol–water partition coefficient (Wildman–Crippen LogP) is 0.803. The van der Waals surface area contributed by atoms with Crippen LogP contribution in [-0.2, 0) is 4.79 Å². The average Bonchev–Trinajstić information content (AvgIpc) is 2.39. The third kappa shape index (κ3) is 2.61. The van der Waals surface area contributed by atoms with Gasteiger partial charge in [-0.05, 0) is 25.8 Å². The van der Waals surface area contributed by atoms with Crippen LogP contribution in [0.15, 0.2) is 18.3 Å². The summed E-state index contributed by atoms with van der Waals surface area (Å²) in [6.07, 6.45) is 3.37. The van der Waals surface area contributed by atoms with Crippen molar-refractivity contribution in [2.45, 2.75) is 25.8 Å². The second kappa shape index (κ2) is 5.35. The van der Waals surface area contributed by atoms with Crippen LogP contribution in [0, 0.1) is 5.92 Å². The molecule has 0 bridgehead atoms. The van der Waals surface area contributed by atoms with Crippen LogP contribution in [0.1, 0.15) is 31.4 Å². The molecule has 0 aromatic carbocycles. The molecule has 0 saturated carbocycles. The largest absolute Gasteiger partial charge is 0.369 e. The summed E-state index contributed by atoms with van der Waals surface area (Å²) < 4.78 is 0. The average molecular weight is 248 g/mol. The van der Waals surface area contributed by atoms with E-state index in [4.69, 9.17) is 11.5 Å². The predicted molar refractivity (Wildman–Crippen MR) is 71.0 cm³/mol. The van der Waals surface area contributed by atoms with Gasteiger partial charge in [0.15, 0.2) is 0 Å². The first-order valence-corrected chi connectivity index (χ1v) is 6.34. The van der Waals surface area contributed by atoms with Crippen molar-refractivity contribution in [1.29, 1.82) is 0 Å². The van der Waals surface area contributed by atoms with Crippen LogP contribution >= 0.6 is 0 Å². The molecular formula is C13H20N4O. The summed E-state index contributed by atoms with van der Waals surface area (Å²) in [5, 5.41) is 0. The summed E-state index contributed by atoms with van der Waals surface area (Å²) in [4.78, 5) is 17.8. The van der Waals surface area contributed by atoms with Crippen LogP contribution in [-0.4, -0.2) is 24.0 Å². The second-order valence-electron chi connectivity index (χ2n) is 4.87. The normalized spacial score (nSPS) is 18.7. The van der Waals surface area contributed by atoms with Gasteiger partial charge < -0.3 is 16.4 Å². The van der Waals surface area contributed by atoms with Gasteiger partial charge in [0.1, 0.15) is 5.82 Å². The van der Waals surface area contributed by atoms with Gasteiger partial charge in [0.2, 0.25) is 5.91 Å². The van der Waals surface area contributed by atoms with Crippen molar-refractivity contribution < 1.29 is 4.79 Å². The molecule has 98 valence electrons. The van der Waals surface area contributed by atoms with Crippen LogP contribution in [0.5, 0.6) is 0 Å². The molecule has 0 unspecified atom stereocenters.